The molecule has 4 nitrogen and oxygen atoms in total. The molecule has 3 rings (SSSR count). The number of hydrogen-bond donors (Lipinski definition) is 1. The molecule has 0 bridgehead atoms. The zero-order valence-electron chi connectivity index (χ0n) is 9.39. The summed E-state index contributed by atoms with van der Waals surface area (Å²) in [5, 5.41) is 4.77. The smallest absolute Gasteiger partial charge is 0.264 e. The Kier molecular flexibility index (Phi) is 2.63. The van der Waals surface area contributed by atoms with Gasteiger partial charge in [-0.3, -0.25) is 9.59 Å². The molecule has 0 radical (unpaired) electrons. The Hall–Kier alpha value is -1.36. The number of carbonyl (C=O) groups excluding carboxylic acids is 2. The summed E-state index contributed by atoms with van der Waals surface area (Å²) in [7, 11) is 0. The predicted molar refractivity (Wildman–Crippen MR) is 64.9 cm³/mol. The van der Waals surface area contributed by atoms with Gasteiger partial charge in [-0.2, -0.15) is 0 Å². The highest BCUT2D eigenvalue weighted by molar-refractivity contribution is 7.12. The predicted octanol–water partition coefficient (Wildman–Crippen LogP) is 1.10. The Morgan fingerprint density at radius 2 is 2.41 bits per heavy atom. The quantitative estimate of drug-likeness (QED) is 0.811. The molecule has 2 aliphatic heterocycles. The van der Waals surface area contributed by atoms with Crippen molar-refractivity contribution in [1.82, 2.24) is 10.2 Å². The van der Waals surface area contributed by atoms with E-state index < -0.39 is 0 Å². The van der Waals surface area contributed by atoms with Crippen molar-refractivity contribution in [3.05, 3.63) is 22.4 Å². The lowest BCUT2D eigenvalue weighted by Gasteiger charge is -2.35. The first-order valence-corrected chi connectivity index (χ1v) is 6.77. The van der Waals surface area contributed by atoms with E-state index in [9.17, 15) is 9.59 Å². The third-order valence-corrected chi connectivity index (χ3v) is 4.45. The summed E-state index contributed by atoms with van der Waals surface area (Å²) >= 11 is 1.46. The Morgan fingerprint density at radius 1 is 1.53 bits per heavy atom. The van der Waals surface area contributed by atoms with Crippen LogP contribution in [0.25, 0.3) is 0 Å². The maximum atomic E-state index is 12.3. The minimum atomic E-state index is 0.00709. The molecule has 0 aromatic carbocycles. The summed E-state index contributed by atoms with van der Waals surface area (Å²) in [5.74, 6) is 0.192. The maximum Gasteiger partial charge on any atom is 0.264 e. The lowest BCUT2D eigenvalue weighted by molar-refractivity contribution is -0.123. The van der Waals surface area contributed by atoms with Crippen molar-refractivity contribution in [2.75, 3.05) is 13.1 Å². The van der Waals surface area contributed by atoms with Crippen LogP contribution in [0.2, 0.25) is 0 Å². The summed E-state index contributed by atoms with van der Waals surface area (Å²) in [5.41, 5.74) is 0. The van der Waals surface area contributed by atoms with Crippen LogP contribution in [0.1, 0.15) is 22.5 Å². The van der Waals surface area contributed by atoms with Crippen molar-refractivity contribution in [2.24, 2.45) is 5.92 Å². The maximum absolute atomic E-state index is 12.3. The fraction of sp³-hybridized carbons (Fsp3) is 0.500. The van der Waals surface area contributed by atoms with Crippen LogP contribution in [-0.4, -0.2) is 35.8 Å². The minimum Gasteiger partial charge on any atom is -0.354 e. The SMILES string of the molecule is O=C1NCC2C1CCCN2C(=O)c1cccs1. The van der Waals surface area contributed by atoms with E-state index in [4.69, 9.17) is 0 Å². The van der Waals surface area contributed by atoms with E-state index >= 15 is 0 Å². The van der Waals surface area contributed by atoms with Gasteiger partial charge >= 0.3 is 0 Å². The summed E-state index contributed by atoms with van der Waals surface area (Å²) in [6.07, 6.45) is 1.83. The van der Waals surface area contributed by atoms with Gasteiger partial charge in [-0.25, -0.2) is 0 Å². The van der Waals surface area contributed by atoms with Gasteiger partial charge in [0.1, 0.15) is 0 Å². The van der Waals surface area contributed by atoms with E-state index in [0.717, 1.165) is 24.3 Å². The molecule has 0 aliphatic carbocycles. The number of thiophene rings is 1. The number of nitrogens with zero attached hydrogens (tertiary/aromatic N) is 1. The number of rotatable bonds is 1. The van der Waals surface area contributed by atoms with Gasteiger partial charge in [-0.05, 0) is 24.3 Å². The zero-order valence-corrected chi connectivity index (χ0v) is 10.2. The summed E-state index contributed by atoms with van der Waals surface area (Å²) < 4.78 is 0. The van der Waals surface area contributed by atoms with Gasteiger partial charge in [0.25, 0.3) is 5.91 Å². The van der Waals surface area contributed by atoms with Gasteiger partial charge in [-0.1, -0.05) is 6.07 Å². The standard InChI is InChI=1S/C12H14N2O2S/c15-11-8-3-1-5-14(9(8)7-13-11)12(16)10-4-2-6-17-10/h2,4,6,8-9H,1,3,5,7H2,(H,13,15). The first-order valence-electron chi connectivity index (χ1n) is 5.89. The van der Waals surface area contributed by atoms with Gasteiger partial charge in [-0.15, -0.1) is 11.3 Å². The van der Waals surface area contributed by atoms with Crippen LogP contribution >= 0.6 is 11.3 Å². The molecule has 2 amide bonds. The number of carbonyl (C=O) groups is 2. The van der Waals surface area contributed by atoms with Crippen molar-refractivity contribution in [3.63, 3.8) is 0 Å². The third-order valence-electron chi connectivity index (χ3n) is 3.59. The van der Waals surface area contributed by atoms with Gasteiger partial charge in [0, 0.05) is 13.1 Å². The molecule has 2 aliphatic rings. The lowest BCUT2D eigenvalue weighted by Crippen LogP contribution is -2.48. The fourth-order valence-corrected chi connectivity index (χ4v) is 3.42. The molecule has 17 heavy (non-hydrogen) atoms. The zero-order chi connectivity index (χ0) is 11.8. The highest BCUT2D eigenvalue weighted by atomic mass is 32.1. The molecule has 2 saturated heterocycles. The van der Waals surface area contributed by atoms with Crippen LogP contribution < -0.4 is 5.32 Å². The largest absolute Gasteiger partial charge is 0.354 e. The lowest BCUT2D eigenvalue weighted by atomic mass is 9.91. The first kappa shape index (κ1) is 10.8. The Balaban J connectivity index is 1.83. The Morgan fingerprint density at radius 3 is 3.18 bits per heavy atom. The highest BCUT2D eigenvalue weighted by Gasteiger charge is 2.42. The molecule has 1 aromatic rings. The minimum absolute atomic E-state index is 0.00709. The van der Waals surface area contributed by atoms with Gasteiger partial charge in [0.05, 0.1) is 16.8 Å². The van der Waals surface area contributed by atoms with E-state index in [1.54, 1.807) is 0 Å². The van der Waals surface area contributed by atoms with E-state index in [0.29, 0.717) is 6.54 Å². The van der Waals surface area contributed by atoms with Crippen LogP contribution in [-0.2, 0) is 4.79 Å². The topological polar surface area (TPSA) is 49.4 Å². The molecular weight excluding hydrogens is 236 g/mol. The van der Waals surface area contributed by atoms with Gasteiger partial charge in [0.15, 0.2) is 0 Å². The molecule has 5 heteroatoms. The number of amides is 2. The van der Waals surface area contributed by atoms with Crippen molar-refractivity contribution in [2.45, 2.75) is 18.9 Å². The van der Waals surface area contributed by atoms with Gasteiger partial charge < -0.3 is 10.2 Å². The number of hydrogen-bond acceptors (Lipinski definition) is 3. The summed E-state index contributed by atoms with van der Waals surface area (Å²) in [4.78, 5) is 26.6. The number of nitrogens with one attached hydrogen (secondary N) is 1. The second-order valence-electron chi connectivity index (χ2n) is 4.54. The van der Waals surface area contributed by atoms with E-state index in [1.165, 1.54) is 11.3 Å². The van der Waals surface area contributed by atoms with E-state index in [-0.39, 0.29) is 23.8 Å². The number of likely N-dealkylation sites (tertiary alicyclic amines) is 1. The van der Waals surface area contributed by atoms with Crippen LogP contribution in [0.4, 0.5) is 0 Å². The van der Waals surface area contributed by atoms with E-state index in [2.05, 4.69) is 5.32 Å². The molecule has 3 heterocycles. The second-order valence-corrected chi connectivity index (χ2v) is 5.48. The average Bonchev–Trinajstić information content (AvgIpc) is 2.98. The monoisotopic (exact) mass is 250 g/mol. The van der Waals surface area contributed by atoms with E-state index in [1.807, 2.05) is 22.4 Å². The summed E-state index contributed by atoms with van der Waals surface area (Å²) in [6, 6.07) is 3.80. The Bertz CT molecular complexity index is 443. The third kappa shape index (κ3) is 1.74. The molecular formula is C12H14N2O2S. The molecule has 1 N–H and O–H groups in total. The van der Waals surface area contributed by atoms with Crippen molar-refractivity contribution in [1.29, 1.82) is 0 Å². The molecule has 90 valence electrons. The van der Waals surface area contributed by atoms with Crippen molar-refractivity contribution in [3.8, 4) is 0 Å². The number of fused-ring (bicyclic) bond motifs is 1. The second kappa shape index (κ2) is 4.14. The van der Waals surface area contributed by atoms with Crippen molar-refractivity contribution >= 4 is 23.2 Å². The normalized spacial score (nSPS) is 27.8. The van der Waals surface area contributed by atoms with Crippen LogP contribution in [0.5, 0.6) is 0 Å². The van der Waals surface area contributed by atoms with Crippen LogP contribution in [0.15, 0.2) is 17.5 Å². The molecule has 2 atom stereocenters. The van der Waals surface area contributed by atoms with Crippen LogP contribution in [0, 0.1) is 5.92 Å². The highest BCUT2D eigenvalue weighted by Crippen LogP contribution is 2.29. The average molecular weight is 250 g/mol. The fourth-order valence-electron chi connectivity index (χ4n) is 2.75. The molecule has 2 unspecified atom stereocenters. The number of piperidine rings is 1. The van der Waals surface area contributed by atoms with Crippen LogP contribution in [0.3, 0.4) is 0 Å². The van der Waals surface area contributed by atoms with Gasteiger partial charge in [0.2, 0.25) is 5.91 Å². The molecule has 2 fully saturated rings. The molecule has 0 saturated carbocycles. The summed E-state index contributed by atoms with van der Waals surface area (Å²) in [6.45, 7) is 1.38. The Labute approximate surface area is 104 Å². The molecule has 1 aromatic heterocycles. The first-order chi connectivity index (χ1) is 8.27. The van der Waals surface area contributed by atoms with Crippen molar-refractivity contribution < 1.29 is 9.59 Å². The molecule has 0 spiro atoms.